The maximum Gasteiger partial charge on any atom is 0.325 e. The van der Waals surface area contributed by atoms with Crippen LogP contribution in [0.4, 0.5) is 4.79 Å². The van der Waals surface area contributed by atoms with Crippen LogP contribution >= 0.6 is 0 Å². The Labute approximate surface area is 105 Å². The van der Waals surface area contributed by atoms with Gasteiger partial charge in [0.1, 0.15) is 12.1 Å². The maximum atomic E-state index is 11.6. The first kappa shape index (κ1) is 14.0. The van der Waals surface area contributed by atoms with Gasteiger partial charge in [-0.25, -0.2) is 4.79 Å². The van der Waals surface area contributed by atoms with Gasteiger partial charge in [-0.1, -0.05) is 6.92 Å². The number of nitrogens with one attached hydrogen (secondary N) is 2. The van der Waals surface area contributed by atoms with Gasteiger partial charge in [-0.2, -0.15) is 5.26 Å². The van der Waals surface area contributed by atoms with Crippen molar-refractivity contribution in [3.8, 4) is 6.07 Å². The highest BCUT2D eigenvalue weighted by Crippen LogP contribution is 2.24. The first-order valence-electron chi connectivity index (χ1n) is 5.72. The van der Waals surface area contributed by atoms with Gasteiger partial charge in [0.25, 0.3) is 5.91 Å². The van der Waals surface area contributed by atoms with E-state index in [4.69, 9.17) is 5.26 Å². The van der Waals surface area contributed by atoms with Gasteiger partial charge < -0.3 is 10.2 Å². The van der Waals surface area contributed by atoms with Crippen LogP contribution in [-0.4, -0.2) is 41.4 Å². The molecule has 0 aromatic heterocycles. The Morgan fingerprint density at radius 3 is 2.78 bits per heavy atom. The highest BCUT2D eigenvalue weighted by Gasteiger charge is 2.48. The number of urea groups is 1. The minimum atomic E-state index is -0.982. The lowest BCUT2D eigenvalue weighted by Gasteiger charge is -2.29. The van der Waals surface area contributed by atoms with Crippen molar-refractivity contribution in [1.82, 2.24) is 15.5 Å². The number of carbonyl (C=O) groups excluding carboxylic acids is 3. The summed E-state index contributed by atoms with van der Waals surface area (Å²) in [5.41, 5.74) is -0.982. The molecule has 1 rings (SSSR count). The fraction of sp³-hybridized carbons (Fsp3) is 0.636. The van der Waals surface area contributed by atoms with E-state index >= 15 is 0 Å². The zero-order chi connectivity index (χ0) is 13.8. The molecule has 0 aromatic rings. The third-order valence-corrected chi connectivity index (χ3v) is 3.10. The molecular weight excluding hydrogens is 236 g/mol. The number of nitriles is 1. The molecule has 4 amide bonds. The van der Waals surface area contributed by atoms with E-state index in [0.717, 1.165) is 0 Å². The van der Waals surface area contributed by atoms with Crippen LogP contribution in [0.2, 0.25) is 0 Å². The Morgan fingerprint density at radius 2 is 2.22 bits per heavy atom. The molecule has 2 N–H and O–H groups in total. The van der Waals surface area contributed by atoms with Crippen LogP contribution in [0.15, 0.2) is 0 Å². The van der Waals surface area contributed by atoms with Gasteiger partial charge in [-0.05, 0) is 13.3 Å². The first-order valence-corrected chi connectivity index (χ1v) is 5.72. The Kier molecular flexibility index (Phi) is 4.26. The van der Waals surface area contributed by atoms with Crippen LogP contribution in [0.1, 0.15) is 26.7 Å². The van der Waals surface area contributed by atoms with Crippen molar-refractivity contribution in [3.05, 3.63) is 0 Å². The average molecular weight is 252 g/mol. The van der Waals surface area contributed by atoms with Gasteiger partial charge in [0, 0.05) is 6.54 Å². The number of imide groups is 1. The average Bonchev–Trinajstić information content (AvgIpc) is 2.54. The van der Waals surface area contributed by atoms with Gasteiger partial charge in [0.2, 0.25) is 5.91 Å². The fourth-order valence-corrected chi connectivity index (χ4v) is 1.70. The minimum Gasteiger partial charge on any atom is -0.354 e. The molecule has 98 valence electrons. The van der Waals surface area contributed by atoms with Gasteiger partial charge in [0.15, 0.2) is 0 Å². The highest BCUT2D eigenvalue weighted by atomic mass is 16.2. The van der Waals surface area contributed by atoms with Crippen LogP contribution in [0.25, 0.3) is 0 Å². The third-order valence-electron chi connectivity index (χ3n) is 3.10. The van der Waals surface area contributed by atoms with Gasteiger partial charge >= 0.3 is 6.03 Å². The molecule has 18 heavy (non-hydrogen) atoms. The topological polar surface area (TPSA) is 102 Å². The normalized spacial score (nSPS) is 22.6. The van der Waals surface area contributed by atoms with Crippen molar-refractivity contribution >= 4 is 17.8 Å². The zero-order valence-corrected chi connectivity index (χ0v) is 10.4. The SMILES string of the molecule is CCC1(C)C(=O)NC(=O)N1CC(=O)NCCC#N. The second kappa shape index (κ2) is 5.49. The van der Waals surface area contributed by atoms with Crippen molar-refractivity contribution in [1.29, 1.82) is 5.26 Å². The summed E-state index contributed by atoms with van der Waals surface area (Å²) in [6.07, 6.45) is 0.637. The van der Waals surface area contributed by atoms with Crippen LogP contribution < -0.4 is 10.6 Å². The molecule has 0 radical (unpaired) electrons. The molecule has 1 atom stereocenters. The Bertz CT molecular complexity index is 415. The molecule has 7 nitrogen and oxygen atoms in total. The lowest BCUT2D eigenvalue weighted by molar-refractivity contribution is -0.127. The summed E-state index contributed by atoms with van der Waals surface area (Å²) in [6.45, 7) is 3.45. The second-order valence-corrected chi connectivity index (χ2v) is 4.23. The number of nitrogens with zero attached hydrogens (tertiary/aromatic N) is 2. The molecule has 1 fully saturated rings. The molecule has 1 saturated heterocycles. The van der Waals surface area contributed by atoms with Crippen LogP contribution in [0, 0.1) is 11.3 Å². The smallest absolute Gasteiger partial charge is 0.325 e. The van der Waals surface area contributed by atoms with Crippen molar-refractivity contribution < 1.29 is 14.4 Å². The minimum absolute atomic E-state index is 0.187. The molecule has 7 heteroatoms. The van der Waals surface area contributed by atoms with E-state index in [1.807, 2.05) is 6.07 Å². The van der Waals surface area contributed by atoms with Gasteiger partial charge in [0.05, 0.1) is 12.5 Å². The zero-order valence-electron chi connectivity index (χ0n) is 10.4. The molecule has 0 spiro atoms. The van der Waals surface area contributed by atoms with E-state index < -0.39 is 11.6 Å². The summed E-state index contributed by atoms with van der Waals surface area (Å²) in [7, 11) is 0. The highest BCUT2D eigenvalue weighted by molar-refractivity contribution is 6.07. The third kappa shape index (κ3) is 2.59. The lowest BCUT2D eigenvalue weighted by Crippen LogP contribution is -2.50. The first-order chi connectivity index (χ1) is 8.45. The summed E-state index contributed by atoms with van der Waals surface area (Å²) in [6, 6.07) is 1.34. The molecule has 0 bridgehead atoms. The van der Waals surface area contributed by atoms with Crippen LogP contribution in [0.5, 0.6) is 0 Å². The Hall–Kier alpha value is -2.10. The van der Waals surface area contributed by atoms with Crippen molar-refractivity contribution in [2.45, 2.75) is 32.2 Å². The van der Waals surface area contributed by atoms with Crippen molar-refractivity contribution in [2.75, 3.05) is 13.1 Å². The maximum absolute atomic E-state index is 11.6. The summed E-state index contributed by atoms with van der Waals surface area (Å²) in [5, 5.41) is 13.1. The van der Waals surface area contributed by atoms with E-state index in [1.54, 1.807) is 13.8 Å². The largest absolute Gasteiger partial charge is 0.354 e. The Balaban J connectivity index is 2.65. The fourth-order valence-electron chi connectivity index (χ4n) is 1.70. The Morgan fingerprint density at radius 1 is 1.56 bits per heavy atom. The van der Waals surface area contributed by atoms with Crippen molar-refractivity contribution in [2.24, 2.45) is 0 Å². The summed E-state index contributed by atoms with van der Waals surface area (Å²) in [5.74, 6) is -0.769. The van der Waals surface area contributed by atoms with Gasteiger partial charge in [-0.3, -0.25) is 14.9 Å². The molecule has 0 saturated carbocycles. The van der Waals surface area contributed by atoms with E-state index in [9.17, 15) is 14.4 Å². The predicted octanol–water partition coefficient (Wildman–Crippen LogP) is -0.263. The van der Waals surface area contributed by atoms with E-state index in [-0.39, 0.29) is 31.3 Å². The van der Waals surface area contributed by atoms with E-state index in [2.05, 4.69) is 10.6 Å². The van der Waals surface area contributed by atoms with Gasteiger partial charge in [-0.15, -0.1) is 0 Å². The standard InChI is InChI=1S/C11H16N4O3/c1-3-11(2)9(17)14-10(18)15(11)7-8(16)13-6-4-5-12/h3-4,6-7H2,1-2H3,(H,13,16)(H,14,17,18). The molecule has 1 aliphatic heterocycles. The quantitative estimate of drug-likeness (QED) is 0.519. The second-order valence-electron chi connectivity index (χ2n) is 4.23. The number of hydrogen-bond acceptors (Lipinski definition) is 4. The number of amides is 4. The number of carbonyl (C=O) groups is 3. The molecule has 0 aliphatic carbocycles. The summed E-state index contributed by atoms with van der Waals surface area (Å²) < 4.78 is 0. The van der Waals surface area contributed by atoms with E-state index in [0.29, 0.717) is 6.42 Å². The lowest BCUT2D eigenvalue weighted by atomic mass is 9.97. The van der Waals surface area contributed by atoms with Crippen LogP contribution in [0.3, 0.4) is 0 Å². The summed E-state index contributed by atoms with van der Waals surface area (Å²) in [4.78, 5) is 36.0. The molecule has 0 aromatic carbocycles. The monoisotopic (exact) mass is 252 g/mol. The van der Waals surface area contributed by atoms with Crippen molar-refractivity contribution in [3.63, 3.8) is 0 Å². The predicted molar refractivity (Wildman–Crippen MR) is 62.2 cm³/mol. The molecular formula is C11H16N4O3. The van der Waals surface area contributed by atoms with E-state index in [1.165, 1.54) is 4.90 Å². The molecule has 1 unspecified atom stereocenters. The summed E-state index contributed by atoms with van der Waals surface area (Å²) >= 11 is 0. The molecule has 1 aliphatic rings. The van der Waals surface area contributed by atoms with Crippen LogP contribution in [-0.2, 0) is 9.59 Å². The number of rotatable bonds is 5. The number of hydrogen-bond donors (Lipinski definition) is 2. The molecule has 1 heterocycles.